The first kappa shape index (κ1) is 82.9. The molecule has 22 N–H and O–H groups in total. The highest BCUT2D eigenvalue weighted by Crippen LogP contribution is 2.50. The van der Waals surface area contributed by atoms with Gasteiger partial charge in [0.05, 0.1) is 42.5 Å². The van der Waals surface area contributed by atoms with E-state index < -0.39 is 238 Å². The van der Waals surface area contributed by atoms with Crippen LogP contribution in [0.4, 0.5) is 0 Å². The minimum atomic E-state index is -2.28. The monoisotopic (exact) mass is 1570 g/mol. The molecule has 0 saturated carbocycles. The number of nitrogens with two attached hydrogens (primary N) is 3. The van der Waals surface area contributed by atoms with Gasteiger partial charge in [0, 0.05) is 46.7 Å². The average molecular weight is 1570 g/mol. The van der Waals surface area contributed by atoms with Crippen molar-refractivity contribution in [3.63, 3.8) is 0 Å². The van der Waals surface area contributed by atoms with Crippen LogP contribution < -0.4 is 63.3 Å². The number of carbonyl (C=O) groups excluding carboxylic acids is 6. The lowest BCUT2D eigenvalue weighted by Crippen LogP contribution is -2.65. The number of primary amides is 1. The molecule has 8 aliphatic rings. The molecule has 0 aromatic heterocycles. The van der Waals surface area contributed by atoms with Crippen molar-refractivity contribution < 1.29 is 123 Å². The summed E-state index contributed by atoms with van der Waals surface area (Å²) in [6.45, 7) is 8.13. The van der Waals surface area contributed by atoms with Crippen LogP contribution in [0.1, 0.15) is 163 Å². The number of aliphatic carboxylic acids is 1. The number of hydrogen-bond acceptors (Lipinski definition) is 27. The predicted molar refractivity (Wildman–Crippen MR) is 391 cm³/mol. The van der Waals surface area contributed by atoms with E-state index in [1.54, 1.807) is 13.8 Å². The molecule has 8 aliphatic heterocycles. The summed E-state index contributed by atoms with van der Waals surface area (Å²) in [6.07, 6.45) is -13.1. The standard InChI is InChI=1S/C76H96ClN9O25/c1-6-7-8-9-10-11-12-13-22-81-76(5)31-53(105-34(3)67(76)96)110-65-62(94)61(93)50(32-87)108-74(65)111-64-48-25-38-26-49(64)107-47-21-17-37(24-43(47)77)60(92)55(79)69(98)82-44(29-51(78)91)68(97)83-57(38)71(100)84-56-36-16-20-45(89)41(23-36)54-42(27-39(88)28-46(54)90)58(73(102)103)85-72(101)59(86-70(56)99)63(35-14-18-40(106-48)19-15-35)109-52-30-75(4,80)66(95)33(2)104-52/h14-21,23-28,33-34,44,50,52-53,55-63,65-67,74,81,87-90,92-96H,6-13,22,29-32,79-80H2,1-5H3,(H2,78,91)(H,82,98)(H,83,97)(H,84,100)(H,85,101)(H,86,99)(H,102,103)/t33-,34-,44-,50+,52-,53-,55+,56+,57+,58?,59-,60+,61+,62-,63+,65+,66-,67-,74-,75-,76-/m0/s1. The quantitative estimate of drug-likeness (QED) is 0.0498. The molecule has 5 aromatic carbocycles. The first-order chi connectivity index (χ1) is 52.7. The van der Waals surface area contributed by atoms with Crippen molar-refractivity contribution in [3.8, 4) is 57.1 Å². The van der Waals surface area contributed by atoms with Gasteiger partial charge in [0.2, 0.25) is 47.5 Å². The fourth-order valence-electron chi connectivity index (χ4n) is 14.8. The van der Waals surface area contributed by atoms with Crippen LogP contribution in [0, 0.1) is 0 Å². The van der Waals surface area contributed by atoms with Crippen molar-refractivity contribution in [2.45, 2.75) is 232 Å². The molecule has 21 atom stereocenters. The SMILES string of the molecule is CCCCCCCCCCN[C@@]1(C)C[C@H](O[C@H]2[C@H](Oc3c4cc5cc3Oc3ccc(cc3Cl)[C@@H](O)[C@@H](N)C(=O)N[C@@H](CC(N)=O)C(=O)N[C@H]5C(=O)N[C@H]3C(=O)N[C@H](C(=O)NC(C(=O)O)c5cc(O)cc(O)c5-c5cc3ccc5O)[C@H](O[C@H]3C[C@](C)(N)[C@@H](O)[C@H](C)O3)c3ccc(cc3)O4)O[C@H](CO)[C@@H](O)[C@@H]2O)O[C@@H](C)[C@@H]1O. The number of aliphatic hydroxyl groups excluding tert-OH is 6. The maximum absolute atomic E-state index is 16.2. The minimum absolute atomic E-state index is 0.0190. The van der Waals surface area contributed by atoms with Gasteiger partial charge >= 0.3 is 5.97 Å². The molecule has 602 valence electrons. The van der Waals surface area contributed by atoms with Gasteiger partial charge in [-0.2, -0.15) is 0 Å². The number of carboxylic acids is 1. The lowest BCUT2D eigenvalue weighted by molar-refractivity contribution is -0.334. The van der Waals surface area contributed by atoms with E-state index in [2.05, 4.69) is 38.8 Å². The summed E-state index contributed by atoms with van der Waals surface area (Å²) in [7, 11) is 0. The molecule has 3 saturated heterocycles. The summed E-state index contributed by atoms with van der Waals surface area (Å²) in [4.78, 5) is 104. The van der Waals surface area contributed by atoms with Crippen molar-refractivity contribution in [3.05, 3.63) is 118 Å². The molecule has 6 amide bonds. The second-order valence-corrected chi connectivity index (χ2v) is 29.9. The fraction of sp³-hybridized carbons (Fsp3) is 0.513. The molecule has 3 fully saturated rings. The topological polar surface area (TPSA) is 546 Å². The normalized spacial score (nSPS) is 31.8. The van der Waals surface area contributed by atoms with Gasteiger partial charge in [0.15, 0.2) is 36.2 Å². The van der Waals surface area contributed by atoms with Gasteiger partial charge in [0.1, 0.15) is 89.5 Å². The van der Waals surface area contributed by atoms with Crippen molar-refractivity contribution in [2.24, 2.45) is 17.2 Å². The van der Waals surface area contributed by atoms with E-state index in [0.717, 1.165) is 87.4 Å². The van der Waals surface area contributed by atoms with E-state index in [0.29, 0.717) is 6.54 Å². The molecule has 11 bridgehead atoms. The number of unbranched alkanes of at least 4 members (excludes halogenated alkanes) is 7. The number of fused-ring (bicyclic) bond motifs is 15. The van der Waals surface area contributed by atoms with Gasteiger partial charge in [0.25, 0.3) is 0 Å². The van der Waals surface area contributed by atoms with Crippen LogP contribution in [0.15, 0.2) is 84.9 Å². The van der Waals surface area contributed by atoms with Crippen molar-refractivity contribution in [2.75, 3.05) is 13.2 Å². The summed E-state index contributed by atoms with van der Waals surface area (Å²) in [5.74, 6) is -14.0. The Morgan fingerprint density at radius 2 is 1.27 bits per heavy atom. The van der Waals surface area contributed by atoms with Crippen molar-refractivity contribution >= 4 is 53.0 Å². The van der Waals surface area contributed by atoms with Gasteiger partial charge < -0.3 is 138 Å². The Kier molecular flexibility index (Phi) is 26.1. The number of ether oxygens (including phenoxy) is 8. The van der Waals surface area contributed by atoms with Gasteiger partial charge in [-0.3, -0.25) is 28.8 Å². The molecule has 35 heteroatoms. The minimum Gasteiger partial charge on any atom is -0.508 e. The van der Waals surface area contributed by atoms with E-state index in [4.69, 9.17) is 66.7 Å². The van der Waals surface area contributed by atoms with Crippen LogP contribution in [0.3, 0.4) is 0 Å². The molecule has 0 aliphatic carbocycles. The number of carbonyl (C=O) groups is 7. The second-order valence-electron chi connectivity index (χ2n) is 29.5. The number of rotatable bonds is 20. The Morgan fingerprint density at radius 3 is 1.93 bits per heavy atom. The zero-order valence-corrected chi connectivity index (χ0v) is 62.2. The number of nitrogens with one attached hydrogen (secondary N) is 6. The number of aromatic hydroxyl groups is 3. The Hall–Kier alpha value is -9.08. The van der Waals surface area contributed by atoms with Crippen LogP contribution >= 0.6 is 11.6 Å². The number of phenols is 3. The lowest BCUT2D eigenvalue weighted by atomic mass is 9.84. The predicted octanol–water partition coefficient (Wildman–Crippen LogP) is 2.67. The number of hydrogen-bond donors (Lipinski definition) is 19. The van der Waals surface area contributed by atoms with E-state index >= 15 is 19.2 Å². The van der Waals surface area contributed by atoms with E-state index in [-0.39, 0.29) is 46.1 Å². The number of benzene rings is 5. The van der Waals surface area contributed by atoms with Crippen LogP contribution in [-0.2, 0) is 57.2 Å². The lowest BCUT2D eigenvalue weighted by Gasteiger charge is -2.48. The molecule has 8 heterocycles. The molecular formula is C76H96ClN9O25. The Morgan fingerprint density at radius 1 is 0.649 bits per heavy atom. The van der Waals surface area contributed by atoms with E-state index in [9.17, 15) is 65.4 Å². The molecule has 111 heavy (non-hydrogen) atoms. The number of phenolic OH excluding ortho intramolecular Hbond substituents is 3. The zero-order valence-electron chi connectivity index (χ0n) is 61.5. The molecule has 34 nitrogen and oxygen atoms in total. The number of amides is 6. The van der Waals surface area contributed by atoms with Gasteiger partial charge in [-0.15, -0.1) is 0 Å². The number of halogens is 1. The first-order valence-electron chi connectivity index (χ1n) is 36.8. The number of carboxylic acid groups (broad SMARTS) is 1. The van der Waals surface area contributed by atoms with Gasteiger partial charge in [-0.05, 0) is 118 Å². The first-order valence-corrected chi connectivity index (χ1v) is 37.2. The van der Waals surface area contributed by atoms with Crippen LogP contribution in [0.5, 0.6) is 46.0 Å². The summed E-state index contributed by atoms with van der Waals surface area (Å²) in [5, 5.41) is 130. The molecule has 13 rings (SSSR count). The highest BCUT2D eigenvalue weighted by Gasteiger charge is 2.53. The smallest absolute Gasteiger partial charge is 0.330 e. The number of aliphatic hydroxyl groups is 6. The third kappa shape index (κ3) is 18.5. The summed E-state index contributed by atoms with van der Waals surface area (Å²) in [6, 6.07) is 3.25. The molecule has 5 aromatic rings. The van der Waals surface area contributed by atoms with Crippen molar-refractivity contribution in [1.29, 1.82) is 0 Å². The summed E-state index contributed by atoms with van der Waals surface area (Å²) >= 11 is 7.03. The second kappa shape index (κ2) is 34.9. The van der Waals surface area contributed by atoms with Crippen molar-refractivity contribution in [1.82, 2.24) is 31.9 Å². The Balaban J connectivity index is 1.12. The van der Waals surface area contributed by atoms with Crippen LogP contribution in [0.2, 0.25) is 5.02 Å². The molecule has 0 radical (unpaired) electrons. The zero-order chi connectivity index (χ0) is 80.2. The van der Waals surface area contributed by atoms with E-state index in [1.807, 2.05) is 0 Å². The highest BCUT2D eigenvalue weighted by atomic mass is 35.5. The molecular weight excluding hydrogens is 1470 g/mol. The van der Waals surface area contributed by atoms with Crippen LogP contribution in [-0.4, -0.2) is 203 Å². The fourth-order valence-corrected chi connectivity index (χ4v) is 15.0. The van der Waals surface area contributed by atoms with E-state index in [1.165, 1.54) is 62.7 Å². The van der Waals surface area contributed by atoms with Crippen LogP contribution in [0.25, 0.3) is 11.1 Å². The maximum atomic E-state index is 16.2. The summed E-state index contributed by atoms with van der Waals surface area (Å²) < 4.78 is 52.4. The Bertz CT molecular complexity index is 4260. The summed E-state index contributed by atoms with van der Waals surface area (Å²) in [5.41, 5.74) is 13.9. The Labute approximate surface area is 642 Å². The highest BCUT2D eigenvalue weighted by molar-refractivity contribution is 6.32. The van der Waals surface area contributed by atoms with Gasteiger partial charge in [-0.1, -0.05) is 87.7 Å². The average Bonchev–Trinajstić information content (AvgIpc) is 0.773. The third-order valence-electron chi connectivity index (χ3n) is 21.0. The molecule has 0 spiro atoms. The largest absolute Gasteiger partial charge is 0.508 e. The molecule has 1 unspecified atom stereocenters. The van der Waals surface area contributed by atoms with Gasteiger partial charge in [-0.25, -0.2) is 4.79 Å². The third-order valence-corrected chi connectivity index (χ3v) is 21.3. The maximum Gasteiger partial charge on any atom is 0.330 e.